The van der Waals surface area contributed by atoms with Crippen LogP contribution in [0.15, 0.2) is 0 Å². The summed E-state index contributed by atoms with van der Waals surface area (Å²) in [6, 6.07) is -0.0916. The van der Waals surface area contributed by atoms with Gasteiger partial charge in [0.25, 0.3) is 0 Å². The molecule has 0 radical (unpaired) electrons. The summed E-state index contributed by atoms with van der Waals surface area (Å²) < 4.78 is 11.4. The van der Waals surface area contributed by atoms with Gasteiger partial charge in [-0.2, -0.15) is 0 Å². The fourth-order valence-corrected chi connectivity index (χ4v) is 8.34. The summed E-state index contributed by atoms with van der Waals surface area (Å²) >= 11 is 0. The van der Waals surface area contributed by atoms with E-state index in [2.05, 4.69) is 10.6 Å². The lowest BCUT2D eigenvalue weighted by atomic mass is 9.82. The molecule has 3 aliphatic carbocycles. The van der Waals surface area contributed by atoms with Crippen molar-refractivity contribution in [2.24, 2.45) is 47.0 Å². The molecule has 5 fully saturated rings. The topological polar surface area (TPSA) is 176 Å². The molecule has 14 heteroatoms. The van der Waals surface area contributed by atoms with Gasteiger partial charge in [-0.3, -0.25) is 0 Å². The van der Waals surface area contributed by atoms with Gasteiger partial charge in [0.05, 0.1) is 13.2 Å². The Hall–Kier alpha value is -3.00. The molecule has 0 spiro atoms. The molecule has 0 aromatic rings. The fourth-order valence-electron chi connectivity index (χ4n) is 8.34. The van der Waals surface area contributed by atoms with Crippen molar-refractivity contribution in [2.75, 3.05) is 91.8 Å². The predicted molar refractivity (Wildman–Crippen MR) is 190 cm³/mol. The third kappa shape index (κ3) is 11.5. The van der Waals surface area contributed by atoms with Crippen molar-refractivity contribution in [2.45, 2.75) is 77.0 Å². The number of nitrogens with two attached hydrogens (primary N) is 2. The van der Waals surface area contributed by atoms with Crippen LogP contribution in [0.4, 0.5) is 19.2 Å². The number of nitrogens with zero attached hydrogens (tertiary/aromatic N) is 4. The first kappa shape index (κ1) is 38.2. The smallest absolute Gasteiger partial charge is 0.409 e. The third-order valence-electron chi connectivity index (χ3n) is 12.2. The zero-order chi connectivity index (χ0) is 35.3. The SMILES string of the molecule is NC[C@H]1CC[C@H](CNC(=O)N2CCN(C(=O)OC[C@H]3CC[C@H](COC(=O)N4CCN(C(=O)NC[C@H]5CC[C@H](CN)CC5)CC4)CC3)CC2)CC1. The van der Waals surface area contributed by atoms with Crippen LogP contribution >= 0.6 is 0 Å². The van der Waals surface area contributed by atoms with E-state index in [1.165, 1.54) is 0 Å². The molecule has 6 N–H and O–H groups in total. The molecule has 0 aromatic heterocycles. The normalized spacial score (nSPS) is 29.2. The molecule has 5 aliphatic rings. The molecule has 2 heterocycles. The van der Waals surface area contributed by atoms with Gasteiger partial charge in [0, 0.05) is 65.4 Å². The minimum Gasteiger partial charge on any atom is -0.449 e. The van der Waals surface area contributed by atoms with E-state index in [9.17, 15) is 19.2 Å². The second-order valence-corrected chi connectivity index (χ2v) is 15.6. The van der Waals surface area contributed by atoms with Crippen molar-refractivity contribution < 1.29 is 28.7 Å². The number of piperazine rings is 2. The molecule has 0 unspecified atom stereocenters. The number of carbonyl (C=O) groups is 4. The first-order valence-electron chi connectivity index (χ1n) is 19.6. The number of hydrogen-bond donors (Lipinski definition) is 4. The number of ether oxygens (including phenoxy) is 2. The van der Waals surface area contributed by atoms with Crippen LogP contribution in [0, 0.1) is 35.5 Å². The van der Waals surface area contributed by atoms with Crippen LogP contribution < -0.4 is 22.1 Å². The van der Waals surface area contributed by atoms with E-state index in [0.29, 0.717) is 114 Å². The Kier molecular flexibility index (Phi) is 15.0. The van der Waals surface area contributed by atoms with E-state index in [4.69, 9.17) is 20.9 Å². The number of amides is 6. The molecule has 50 heavy (non-hydrogen) atoms. The third-order valence-corrected chi connectivity index (χ3v) is 12.2. The quantitative estimate of drug-likeness (QED) is 0.268. The predicted octanol–water partition coefficient (Wildman–Crippen LogP) is 3.25. The molecule has 6 amide bonds. The standard InChI is InChI=1S/C36H64N8O6/c37-21-27-1-5-29(6-2-27)23-39-33(45)41-13-17-43(18-14-41)35(47)49-25-31-9-11-32(12-10-31)26-50-36(48)44-19-15-42(16-20-44)34(46)40-24-30-7-3-28(22-38)4-8-30/h27-32H,1-26,37-38H2,(H,39,45)(H,40,46)/t27-,28-,29-,30-,31-,32-. The van der Waals surface area contributed by atoms with Crippen molar-refractivity contribution >= 4 is 24.2 Å². The van der Waals surface area contributed by atoms with E-state index in [0.717, 1.165) is 90.1 Å². The molecule has 0 bridgehead atoms. The van der Waals surface area contributed by atoms with Crippen LogP contribution in [0.5, 0.6) is 0 Å². The second-order valence-electron chi connectivity index (χ2n) is 15.6. The van der Waals surface area contributed by atoms with Crippen molar-refractivity contribution in [3.05, 3.63) is 0 Å². The van der Waals surface area contributed by atoms with E-state index >= 15 is 0 Å². The van der Waals surface area contributed by atoms with Crippen LogP contribution in [0.1, 0.15) is 77.0 Å². The van der Waals surface area contributed by atoms with Gasteiger partial charge in [0.2, 0.25) is 0 Å². The van der Waals surface area contributed by atoms with E-state index in [1.807, 2.05) is 0 Å². The zero-order valence-corrected chi connectivity index (χ0v) is 30.2. The number of hydrogen-bond acceptors (Lipinski definition) is 8. The lowest BCUT2D eigenvalue weighted by molar-refractivity contribution is 0.0477. The monoisotopic (exact) mass is 704 g/mol. The minimum absolute atomic E-state index is 0.0458. The Morgan fingerprint density at radius 2 is 0.720 bits per heavy atom. The Morgan fingerprint density at radius 3 is 1.04 bits per heavy atom. The first-order chi connectivity index (χ1) is 24.3. The number of urea groups is 2. The maximum absolute atomic E-state index is 12.8. The van der Waals surface area contributed by atoms with Crippen LogP contribution in [-0.4, -0.2) is 136 Å². The minimum atomic E-state index is -0.305. The van der Waals surface area contributed by atoms with Gasteiger partial charge in [0.15, 0.2) is 0 Å². The maximum atomic E-state index is 12.8. The van der Waals surface area contributed by atoms with Gasteiger partial charge in [0.1, 0.15) is 0 Å². The number of nitrogens with one attached hydrogen (secondary N) is 2. The molecule has 2 aliphatic heterocycles. The summed E-state index contributed by atoms with van der Waals surface area (Å²) in [7, 11) is 0. The molecule has 3 saturated carbocycles. The summed E-state index contributed by atoms with van der Waals surface area (Å²) in [5.74, 6) is 2.92. The summed E-state index contributed by atoms with van der Waals surface area (Å²) in [5, 5.41) is 6.19. The summed E-state index contributed by atoms with van der Waals surface area (Å²) in [4.78, 5) is 57.9. The highest BCUT2D eigenvalue weighted by atomic mass is 16.6. The molecular formula is C36H64N8O6. The van der Waals surface area contributed by atoms with Gasteiger partial charge >= 0.3 is 24.2 Å². The lowest BCUT2D eigenvalue weighted by Crippen LogP contribution is -2.54. The van der Waals surface area contributed by atoms with Crippen molar-refractivity contribution in [3.63, 3.8) is 0 Å². The molecular weight excluding hydrogens is 640 g/mol. The maximum Gasteiger partial charge on any atom is 0.409 e. The number of rotatable bonds is 10. The zero-order valence-electron chi connectivity index (χ0n) is 30.2. The Morgan fingerprint density at radius 1 is 0.440 bits per heavy atom. The Bertz CT molecular complexity index is 990. The van der Waals surface area contributed by atoms with Gasteiger partial charge in [-0.05, 0) is 126 Å². The van der Waals surface area contributed by atoms with Crippen LogP contribution in [-0.2, 0) is 9.47 Å². The van der Waals surface area contributed by atoms with Crippen molar-refractivity contribution in [1.82, 2.24) is 30.2 Å². The Labute approximate surface area is 298 Å². The van der Waals surface area contributed by atoms with Gasteiger partial charge in [-0.15, -0.1) is 0 Å². The molecule has 0 aromatic carbocycles. The van der Waals surface area contributed by atoms with Crippen LogP contribution in [0.2, 0.25) is 0 Å². The van der Waals surface area contributed by atoms with Gasteiger partial charge in [-0.1, -0.05) is 0 Å². The summed E-state index contributed by atoms with van der Waals surface area (Å²) in [6.45, 7) is 7.65. The van der Waals surface area contributed by atoms with E-state index in [-0.39, 0.29) is 24.2 Å². The summed E-state index contributed by atoms with van der Waals surface area (Å²) in [6.07, 6.45) is 12.2. The van der Waals surface area contributed by atoms with E-state index in [1.54, 1.807) is 19.6 Å². The average molecular weight is 705 g/mol. The molecule has 14 nitrogen and oxygen atoms in total. The highest BCUT2D eigenvalue weighted by Gasteiger charge is 2.30. The second kappa shape index (κ2) is 19.6. The molecule has 284 valence electrons. The highest BCUT2D eigenvalue weighted by molar-refractivity contribution is 5.75. The summed E-state index contributed by atoms with van der Waals surface area (Å²) in [5.41, 5.74) is 11.6. The van der Waals surface area contributed by atoms with Gasteiger partial charge in [-0.25, -0.2) is 19.2 Å². The first-order valence-corrected chi connectivity index (χ1v) is 19.6. The molecule has 2 saturated heterocycles. The van der Waals surface area contributed by atoms with Crippen molar-refractivity contribution in [1.29, 1.82) is 0 Å². The lowest BCUT2D eigenvalue weighted by Gasteiger charge is -2.35. The van der Waals surface area contributed by atoms with Crippen molar-refractivity contribution in [3.8, 4) is 0 Å². The van der Waals surface area contributed by atoms with Crippen LogP contribution in [0.3, 0.4) is 0 Å². The highest BCUT2D eigenvalue weighted by Crippen LogP contribution is 2.30. The van der Waals surface area contributed by atoms with Gasteiger partial charge < -0.3 is 51.2 Å². The fraction of sp³-hybridized carbons (Fsp3) is 0.889. The van der Waals surface area contributed by atoms with E-state index < -0.39 is 0 Å². The van der Waals surface area contributed by atoms with Crippen LogP contribution in [0.25, 0.3) is 0 Å². The average Bonchev–Trinajstić information content (AvgIpc) is 3.18. The number of carbonyl (C=O) groups excluding carboxylic acids is 4. The molecule has 0 atom stereocenters. The molecule has 5 rings (SSSR count). The largest absolute Gasteiger partial charge is 0.449 e. The Balaban J connectivity index is 0.873.